The number of nitrogens with zero attached hydrogens (tertiary/aromatic N) is 3. The quantitative estimate of drug-likeness (QED) is 0.863. The Hall–Kier alpha value is -1.20. The number of ether oxygens (including phenoxy) is 1. The van der Waals surface area contributed by atoms with Crippen molar-refractivity contribution in [3.05, 3.63) is 18.1 Å². The molecule has 1 aromatic rings. The third-order valence-corrected chi connectivity index (χ3v) is 3.81. The lowest BCUT2D eigenvalue weighted by atomic mass is 10.1. The Morgan fingerprint density at radius 1 is 1.44 bits per heavy atom. The second-order valence-corrected chi connectivity index (χ2v) is 5.00. The largest absolute Gasteiger partial charge is 0.374 e. The maximum absolute atomic E-state index is 5.83. The van der Waals surface area contributed by atoms with Crippen molar-refractivity contribution in [2.45, 2.75) is 38.0 Å². The van der Waals surface area contributed by atoms with Gasteiger partial charge in [0.2, 0.25) is 0 Å². The summed E-state index contributed by atoms with van der Waals surface area (Å²) in [6.07, 6.45) is 7.75. The van der Waals surface area contributed by atoms with Crippen LogP contribution in [0.25, 0.3) is 0 Å². The monoisotopic (exact) mass is 248 g/mol. The van der Waals surface area contributed by atoms with E-state index in [1.54, 1.807) is 0 Å². The number of anilines is 1. The Morgan fingerprint density at radius 3 is 3.28 bits per heavy atom. The molecule has 3 rings (SSSR count). The van der Waals surface area contributed by atoms with Crippen molar-refractivity contribution < 1.29 is 4.74 Å². The van der Waals surface area contributed by atoms with Gasteiger partial charge in [0.1, 0.15) is 5.82 Å². The Balaban J connectivity index is 1.82. The highest BCUT2D eigenvalue weighted by atomic mass is 16.5. The van der Waals surface area contributed by atoms with Crippen LogP contribution in [0.1, 0.15) is 25.0 Å². The van der Waals surface area contributed by atoms with Crippen molar-refractivity contribution in [1.82, 2.24) is 15.3 Å². The summed E-state index contributed by atoms with van der Waals surface area (Å²) in [7, 11) is 1.93. The minimum Gasteiger partial charge on any atom is -0.374 e. The van der Waals surface area contributed by atoms with Gasteiger partial charge in [-0.15, -0.1) is 0 Å². The van der Waals surface area contributed by atoms with Gasteiger partial charge in [-0.2, -0.15) is 0 Å². The first-order valence-electron chi connectivity index (χ1n) is 6.72. The lowest BCUT2D eigenvalue weighted by Crippen LogP contribution is -2.49. The van der Waals surface area contributed by atoms with Gasteiger partial charge < -0.3 is 15.0 Å². The summed E-state index contributed by atoms with van der Waals surface area (Å²) < 4.78 is 5.83. The van der Waals surface area contributed by atoms with E-state index in [1.807, 2.05) is 19.4 Å². The summed E-state index contributed by atoms with van der Waals surface area (Å²) in [5.41, 5.74) is 0.996. The van der Waals surface area contributed by atoms with Crippen LogP contribution in [-0.4, -0.2) is 42.3 Å². The van der Waals surface area contributed by atoms with Crippen LogP contribution in [0, 0.1) is 0 Å². The molecule has 1 aliphatic heterocycles. The Bertz CT molecular complexity index is 412. The number of hydrogen-bond acceptors (Lipinski definition) is 5. The standard InChI is InChI=1S/C13H20N4O/c1-14-7-10-8-15-9-13(16-10)17-5-6-18-12-4-2-3-11(12)17/h8-9,11-12,14H,2-7H2,1H3. The van der Waals surface area contributed by atoms with Gasteiger partial charge in [0.25, 0.3) is 0 Å². The lowest BCUT2D eigenvalue weighted by molar-refractivity contribution is 0.0253. The number of morpholine rings is 1. The molecule has 1 saturated carbocycles. The molecule has 0 bridgehead atoms. The minimum atomic E-state index is 0.397. The highest BCUT2D eigenvalue weighted by molar-refractivity contribution is 5.39. The maximum Gasteiger partial charge on any atom is 0.147 e. The number of fused-ring (bicyclic) bond motifs is 1. The van der Waals surface area contributed by atoms with Crippen molar-refractivity contribution in [2.75, 3.05) is 25.1 Å². The molecule has 5 nitrogen and oxygen atoms in total. The molecule has 2 fully saturated rings. The maximum atomic E-state index is 5.83. The van der Waals surface area contributed by atoms with Crippen LogP contribution in [0.5, 0.6) is 0 Å². The average Bonchev–Trinajstić information content (AvgIpc) is 2.87. The molecular formula is C13H20N4O. The van der Waals surface area contributed by atoms with E-state index in [4.69, 9.17) is 9.72 Å². The fraction of sp³-hybridized carbons (Fsp3) is 0.692. The molecule has 1 N–H and O–H groups in total. The van der Waals surface area contributed by atoms with Crippen LogP contribution >= 0.6 is 0 Å². The van der Waals surface area contributed by atoms with Gasteiger partial charge in [0.15, 0.2) is 0 Å². The molecule has 2 atom stereocenters. The second-order valence-electron chi connectivity index (χ2n) is 5.00. The zero-order valence-corrected chi connectivity index (χ0v) is 10.8. The van der Waals surface area contributed by atoms with E-state index in [9.17, 15) is 0 Å². The van der Waals surface area contributed by atoms with E-state index < -0.39 is 0 Å². The van der Waals surface area contributed by atoms with Crippen LogP contribution in [0.4, 0.5) is 5.82 Å². The van der Waals surface area contributed by atoms with Crippen LogP contribution in [0.3, 0.4) is 0 Å². The molecule has 5 heteroatoms. The summed E-state index contributed by atoms with van der Waals surface area (Å²) >= 11 is 0. The van der Waals surface area contributed by atoms with Crippen LogP contribution in [0.2, 0.25) is 0 Å². The normalized spacial score (nSPS) is 27.3. The first-order valence-corrected chi connectivity index (χ1v) is 6.72. The molecule has 0 spiro atoms. The number of hydrogen-bond donors (Lipinski definition) is 1. The summed E-state index contributed by atoms with van der Waals surface area (Å²) in [5, 5.41) is 3.11. The first-order chi connectivity index (χ1) is 8.88. The zero-order chi connectivity index (χ0) is 12.4. The van der Waals surface area contributed by atoms with Crippen molar-refractivity contribution in [2.24, 2.45) is 0 Å². The first kappa shape index (κ1) is 11.9. The summed E-state index contributed by atoms with van der Waals surface area (Å²) in [4.78, 5) is 11.4. The molecule has 0 amide bonds. The summed E-state index contributed by atoms with van der Waals surface area (Å²) in [6.45, 7) is 2.50. The van der Waals surface area contributed by atoms with Gasteiger partial charge in [0, 0.05) is 19.3 Å². The molecule has 2 unspecified atom stereocenters. The van der Waals surface area contributed by atoms with E-state index in [1.165, 1.54) is 19.3 Å². The van der Waals surface area contributed by atoms with Gasteiger partial charge in [0.05, 0.1) is 30.6 Å². The van der Waals surface area contributed by atoms with Crippen LogP contribution in [-0.2, 0) is 11.3 Å². The molecule has 0 radical (unpaired) electrons. The van der Waals surface area contributed by atoms with Gasteiger partial charge in [-0.25, -0.2) is 4.98 Å². The van der Waals surface area contributed by atoms with E-state index >= 15 is 0 Å². The second kappa shape index (κ2) is 5.20. The third kappa shape index (κ3) is 2.20. The molecule has 1 aliphatic carbocycles. The molecule has 18 heavy (non-hydrogen) atoms. The van der Waals surface area contributed by atoms with Crippen molar-refractivity contribution in [3.63, 3.8) is 0 Å². The number of nitrogens with one attached hydrogen (secondary N) is 1. The van der Waals surface area contributed by atoms with E-state index in [0.717, 1.165) is 31.2 Å². The molecule has 0 aromatic carbocycles. The van der Waals surface area contributed by atoms with Gasteiger partial charge >= 0.3 is 0 Å². The topological polar surface area (TPSA) is 50.3 Å². The van der Waals surface area contributed by atoms with E-state index in [2.05, 4.69) is 15.2 Å². The fourth-order valence-electron chi connectivity index (χ4n) is 3.01. The van der Waals surface area contributed by atoms with Crippen molar-refractivity contribution in [1.29, 1.82) is 0 Å². The van der Waals surface area contributed by atoms with Crippen LogP contribution in [0.15, 0.2) is 12.4 Å². The van der Waals surface area contributed by atoms with Gasteiger partial charge in [-0.05, 0) is 26.3 Å². The molecule has 2 heterocycles. The fourth-order valence-corrected chi connectivity index (χ4v) is 3.01. The van der Waals surface area contributed by atoms with Gasteiger partial charge in [-0.3, -0.25) is 4.98 Å². The Labute approximate surface area is 108 Å². The molecule has 1 saturated heterocycles. The third-order valence-electron chi connectivity index (χ3n) is 3.81. The zero-order valence-electron chi connectivity index (χ0n) is 10.8. The molecular weight excluding hydrogens is 228 g/mol. The summed E-state index contributed by atoms with van der Waals surface area (Å²) in [5.74, 6) is 1.00. The molecule has 1 aromatic heterocycles. The highest BCUT2D eigenvalue weighted by Gasteiger charge is 2.36. The van der Waals surface area contributed by atoms with Crippen molar-refractivity contribution >= 4 is 5.82 Å². The van der Waals surface area contributed by atoms with E-state index in [-0.39, 0.29) is 0 Å². The Morgan fingerprint density at radius 2 is 2.39 bits per heavy atom. The predicted molar refractivity (Wildman–Crippen MR) is 69.5 cm³/mol. The lowest BCUT2D eigenvalue weighted by Gasteiger charge is -2.38. The van der Waals surface area contributed by atoms with E-state index in [0.29, 0.717) is 12.1 Å². The van der Waals surface area contributed by atoms with Gasteiger partial charge in [-0.1, -0.05) is 0 Å². The average molecular weight is 248 g/mol. The summed E-state index contributed by atoms with van der Waals surface area (Å²) in [6, 6.07) is 0.498. The van der Waals surface area contributed by atoms with Crippen molar-refractivity contribution in [3.8, 4) is 0 Å². The number of aromatic nitrogens is 2. The minimum absolute atomic E-state index is 0.397. The molecule has 98 valence electrons. The predicted octanol–water partition coefficient (Wildman–Crippen LogP) is 0.954. The highest BCUT2D eigenvalue weighted by Crippen LogP contribution is 2.31. The SMILES string of the molecule is CNCc1cncc(N2CCOC3CCCC32)n1. The molecule has 2 aliphatic rings. The van der Waals surface area contributed by atoms with Crippen LogP contribution < -0.4 is 10.2 Å². The smallest absolute Gasteiger partial charge is 0.147 e. The Kier molecular flexibility index (Phi) is 3.43. The number of rotatable bonds is 3.